The summed E-state index contributed by atoms with van der Waals surface area (Å²) >= 11 is 0. The molecule has 438 valence electrons. The lowest BCUT2D eigenvalue weighted by Crippen LogP contribution is -2.70. The van der Waals surface area contributed by atoms with Crippen molar-refractivity contribution in [3.63, 3.8) is 0 Å². The number of aliphatic carboxylic acids is 1. The Morgan fingerprint density at radius 3 is 1.88 bits per heavy atom. The molecule has 0 aromatic carbocycles. The first-order chi connectivity index (χ1) is 35.9. The number of allylic oxidation sites excluding steroid dienone is 2. The molecule has 12 N–H and O–H groups in total. The van der Waals surface area contributed by atoms with Crippen LogP contribution in [-0.2, 0) is 57.0 Å². The Morgan fingerprint density at radius 2 is 1.21 bits per heavy atom. The molecule has 0 aromatic heterocycles. The lowest BCUT2D eigenvalue weighted by atomic mass is 9.33. The first-order valence-electron chi connectivity index (χ1n) is 27.2. The summed E-state index contributed by atoms with van der Waals surface area (Å²) in [7, 11) is 0. The molecule has 4 saturated heterocycles. The van der Waals surface area contributed by atoms with Crippen molar-refractivity contribution in [3.05, 3.63) is 11.6 Å². The fourth-order valence-electron chi connectivity index (χ4n) is 16.1. The van der Waals surface area contributed by atoms with Crippen molar-refractivity contribution in [3.8, 4) is 0 Å². The van der Waals surface area contributed by atoms with E-state index >= 15 is 4.79 Å². The second kappa shape index (κ2) is 21.0. The first-order valence-corrected chi connectivity index (χ1v) is 27.2. The van der Waals surface area contributed by atoms with Crippen molar-refractivity contribution >= 4 is 18.4 Å². The largest absolute Gasteiger partial charge is 0.481 e. The molecule has 0 bridgehead atoms. The van der Waals surface area contributed by atoms with Gasteiger partial charge in [0, 0.05) is 0 Å². The van der Waals surface area contributed by atoms with Crippen LogP contribution in [0.4, 0.5) is 0 Å². The molecule has 4 saturated carbocycles. The summed E-state index contributed by atoms with van der Waals surface area (Å²) in [4.78, 5) is 40.3. The van der Waals surface area contributed by atoms with Gasteiger partial charge in [0.2, 0.25) is 12.6 Å². The number of hydrogen-bond donors (Lipinski definition) is 12. The van der Waals surface area contributed by atoms with E-state index in [0.29, 0.717) is 51.4 Å². The van der Waals surface area contributed by atoms with E-state index in [1.807, 2.05) is 6.92 Å². The van der Waals surface area contributed by atoms with E-state index in [1.54, 1.807) is 0 Å². The van der Waals surface area contributed by atoms with Gasteiger partial charge in [0.25, 0.3) is 6.47 Å². The molecule has 0 aromatic rings. The summed E-state index contributed by atoms with van der Waals surface area (Å²) in [5, 5.41) is 131. The van der Waals surface area contributed by atoms with Gasteiger partial charge in [0.15, 0.2) is 25.0 Å². The van der Waals surface area contributed by atoms with Gasteiger partial charge in [0.05, 0.1) is 35.7 Å². The van der Waals surface area contributed by atoms with E-state index in [4.69, 9.17) is 42.6 Å². The van der Waals surface area contributed by atoms with E-state index < -0.39 is 174 Å². The highest BCUT2D eigenvalue weighted by Crippen LogP contribution is 2.76. The second-order valence-corrected chi connectivity index (χ2v) is 25.6. The minimum Gasteiger partial charge on any atom is -0.481 e. The number of carbonyl (C=O) groups is 3. The van der Waals surface area contributed by atoms with Crippen LogP contribution in [-0.4, -0.2) is 215 Å². The van der Waals surface area contributed by atoms with Crippen molar-refractivity contribution in [1.82, 2.24) is 0 Å². The number of carboxylic acid groups (broad SMARTS) is 1. The fraction of sp³-hybridized carbons (Fsp3) is 0.906. The van der Waals surface area contributed by atoms with Crippen LogP contribution >= 0.6 is 0 Å². The minimum atomic E-state index is -1.90. The molecular formula is C53H82O24. The number of carbonyl (C=O) groups excluding carboxylic acids is 2. The van der Waals surface area contributed by atoms with Crippen LogP contribution in [0.3, 0.4) is 0 Å². The maximum atomic E-state index is 15.4. The third kappa shape index (κ3) is 9.42. The van der Waals surface area contributed by atoms with Gasteiger partial charge >= 0.3 is 11.9 Å². The quantitative estimate of drug-likeness (QED) is 0.0502. The Kier molecular flexibility index (Phi) is 16.1. The summed E-state index contributed by atoms with van der Waals surface area (Å²) in [5.41, 5.74) is -3.90. The van der Waals surface area contributed by atoms with Crippen LogP contribution in [0, 0.1) is 50.2 Å². The standard InChI is InChI=1S/C53H82O24/c1-21-29(57)32(60)39(74-43-37(65)33(61)38(22(2)72-43)73-41-34(62)30(58)26(56)19-69-41)45(71-21)77-47(68)53-15-13-48(3,4)17-24(53)23-9-10-27-49(5)18-25(55)40(75-44-36(64)31(59)35(63)42(76-44)70-20-54)52(8,46(66)67)28(49)11-12-51(27,7)50(23,6)14-16-53/h9,20-22,24-45,55-65H,10-19H2,1-8H3,(H,66,67)/t21?,22?,24-,25-,26+,27+,28+,29-,30-,31-,32?,33+,34?,35-,36?,37?,38-,39+,40-,41-,42?,43-,44+,45-,49+,50+,51+,52-,53-/m0/s1. The van der Waals surface area contributed by atoms with Gasteiger partial charge in [-0.15, -0.1) is 0 Å². The Labute approximate surface area is 446 Å². The van der Waals surface area contributed by atoms with Gasteiger partial charge in [-0.05, 0) is 118 Å². The number of hydrogen-bond acceptors (Lipinski definition) is 23. The average molecular weight is 1100 g/mol. The third-order valence-corrected chi connectivity index (χ3v) is 20.9. The molecule has 9 rings (SSSR count). The average Bonchev–Trinajstić information content (AvgIpc) is 3.55. The smallest absolute Gasteiger partial charge is 0.315 e. The summed E-state index contributed by atoms with van der Waals surface area (Å²) in [6.07, 6.45) is -27.4. The predicted octanol–water partition coefficient (Wildman–Crippen LogP) is -1.17. The molecule has 0 amide bonds. The van der Waals surface area contributed by atoms with Crippen molar-refractivity contribution in [2.75, 3.05) is 6.61 Å². The molecule has 29 atom stereocenters. The lowest BCUT2D eigenvalue weighted by Gasteiger charge is -2.71. The Bertz CT molecular complexity index is 2220. The van der Waals surface area contributed by atoms with Gasteiger partial charge in [-0.25, -0.2) is 0 Å². The van der Waals surface area contributed by atoms with Crippen molar-refractivity contribution < 1.29 is 118 Å². The molecule has 9 aliphatic rings. The number of aliphatic hydroxyl groups excluding tert-OH is 11. The number of carboxylic acids is 1. The monoisotopic (exact) mass is 1100 g/mol. The molecule has 24 nitrogen and oxygen atoms in total. The van der Waals surface area contributed by atoms with Crippen molar-refractivity contribution in [2.45, 2.75) is 242 Å². The van der Waals surface area contributed by atoms with E-state index in [1.165, 1.54) is 20.8 Å². The first kappa shape index (κ1) is 59.1. The maximum Gasteiger partial charge on any atom is 0.315 e. The van der Waals surface area contributed by atoms with Gasteiger partial charge in [-0.1, -0.05) is 46.3 Å². The molecular weight excluding hydrogens is 1020 g/mol. The third-order valence-electron chi connectivity index (χ3n) is 20.9. The van der Waals surface area contributed by atoms with Crippen LogP contribution in [0.2, 0.25) is 0 Å². The van der Waals surface area contributed by atoms with Gasteiger partial charge in [-0.3, -0.25) is 14.4 Å². The number of ether oxygens (including phenoxy) is 9. The lowest BCUT2D eigenvalue weighted by molar-refractivity contribution is -0.373. The van der Waals surface area contributed by atoms with E-state index in [2.05, 4.69) is 33.8 Å². The summed E-state index contributed by atoms with van der Waals surface area (Å²) in [5.74, 6) is -3.01. The van der Waals surface area contributed by atoms with Crippen LogP contribution in [0.15, 0.2) is 11.6 Å². The summed E-state index contributed by atoms with van der Waals surface area (Å²) in [6.45, 7) is 14.9. The second-order valence-electron chi connectivity index (χ2n) is 25.6. The topological polar surface area (TPSA) is 377 Å². The van der Waals surface area contributed by atoms with Gasteiger partial charge in [-0.2, -0.15) is 0 Å². The fourth-order valence-corrected chi connectivity index (χ4v) is 16.1. The zero-order valence-corrected chi connectivity index (χ0v) is 44.8. The highest BCUT2D eigenvalue weighted by atomic mass is 16.8. The molecule has 77 heavy (non-hydrogen) atoms. The zero-order chi connectivity index (χ0) is 56.4. The Morgan fingerprint density at radius 1 is 0.610 bits per heavy atom. The number of esters is 1. The van der Waals surface area contributed by atoms with E-state index in [9.17, 15) is 70.9 Å². The molecule has 8 fully saturated rings. The normalized spacial score (nSPS) is 54.5. The Hall–Kier alpha value is -2.57. The SMILES string of the molecule is CC1O[C@@H](OC(=O)[C@]23CCC(C)(C)C[C@H]2C2=CC[C@@H]4[C@@]5(C)C[C@H](O)[C@H](O[C@@H]6OC(OC=O)[C@@H](O)[C@H](O)C6O)[C@@](C)(C(=O)O)[C@@H]5CC[C@@]4(C)[C@]2(C)CC3)[C@H](O[C@@H]2OC(C)[C@H](O[C@@H]3OC[C@@H](O)[C@H](O)C3O)[C@H](O)C2O)C(O)[C@H]1O. The molecule has 24 heteroatoms. The predicted molar refractivity (Wildman–Crippen MR) is 257 cm³/mol. The number of rotatable bonds is 11. The zero-order valence-electron chi connectivity index (χ0n) is 44.8. The van der Waals surface area contributed by atoms with Gasteiger partial charge in [0.1, 0.15) is 73.2 Å². The van der Waals surface area contributed by atoms with Crippen LogP contribution in [0.5, 0.6) is 0 Å². The minimum absolute atomic E-state index is 0.0130. The molecule has 7 unspecified atom stereocenters. The summed E-state index contributed by atoms with van der Waals surface area (Å²) < 4.78 is 52.1. The number of aliphatic hydroxyl groups is 11. The molecule has 4 aliphatic heterocycles. The number of fused-ring (bicyclic) bond motifs is 7. The van der Waals surface area contributed by atoms with Crippen molar-refractivity contribution in [1.29, 1.82) is 0 Å². The van der Waals surface area contributed by atoms with Crippen LogP contribution < -0.4 is 0 Å². The van der Waals surface area contributed by atoms with Crippen LogP contribution in [0.25, 0.3) is 0 Å². The van der Waals surface area contributed by atoms with Crippen LogP contribution in [0.1, 0.15) is 113 Å². The van der Waals surface area contributed by atoms with Gasteiger partial charge < -0.3 is 104 Å². The highest BCUT2D eigenvalue weighted by molar-refractivity contribution is 5.79. The summed E-state index contributed by atoms with van der Waals surface area (Å²) in [6, 6.07) is 0. The van der Waals surface area contributed by atoms with E-state index in [-0.39, 0.29) is 36.8 Å². The Balaban J connectivity index is 0.964. The molecule has 0 spiro atoms. The molecule has 0 radical (unpaired) electrons. The van der Waals surface area contributed by atoms with Crippen molar-refractivity contribution in [2.24, 2.45) is 50.2 Å². The maximum absolute atomic E-state index is 15.4. The van der Waals surface area contributed by atoms with E-state index in [0.717, 1.165) is 5.57 Å². The highest BCUT2D eigenvalue weighted by Gasteiger charge is 2.73. The molecule has 5 aliphatic carbocycles. The molecule has 4 heterocycles.